The number of nitrogens with one attached hydrogen (secondary N) is 1. The van der Waals surface area contributed by atoms with Gasteiger partial charge in [0.15, 0.2) is 0 Å². The molecule has 0 aliphatic heterocycles. The average Bonchev–Trinajstić information content (AvgIpc) is 3.24. The average molecular weight is 910 g/mol. The third kappa shape index (κ3) is 48.5. The lowest BCUT2D eigenvalue weighted by atomic mass is 10.0. The van der Waals surface area contributed by atoms with Crippen LogP contribution in [0.25, 0.3) is 0 Å². The fourth-order valence-electron chi connectivity index (χ4n) is 7.82. The number of nitrogens with zero attached hydrogens (tertiary/aromatic N) is 1. The molecule has 9 heteroatoms. The molecule has 0 aromatic heterocycles. The van der Waals surface area contributed by atoms with Crippen LogP contribution in [0.3, 0.4) is 0 Å². The number of likely N-dealkylation sites (N-methyl/N-ethyl adjacent to an activating group) is 1. The number of allylic oxidation sites excluding steroid dienone is 5. The molecule has 0 spiro atoms. The number of hydrogen-bond acceptors (Lipinski definition) is 5. The first-order valence-corrected chi connectivity index (χ1v) is 28.4. The molecule has 1 amide bonds. The monoisotopic (exact) mass is 910 g/mol. The van der Waals surface area contributed by atoms with Crippen molar-refractivity contribution >= 4 is 13.7 Å². The summed E-state index contributed by atoms with van der Waals surface area (Å²) in [6.07, 6.45) is 58.3. The fraction of sp³-hybridized carbons (Fsp3) is 0.870. The van der Waals surface area contributed by atoms with E-state index >= 15 is 0 Å². The van der Waals surface area contributed by atoms with Gasteiger partial charge in [0.2, 0.25) is 5.91 Å². The molecule has 0 bridgehead atoms. The van der Waals surface area contributed by atoms with E-state index < -0.39 is 20.0 Å². The largest absolute Gasteiger partial charge is 0.472 e. The first-order chi connectivity index (χ1) is 30.5. The van der Waals surface area contributed by atoms with E-state index in [1.807, 2.05) is 27.2 Å². The second-order valence-corrected chi connectivity index (χ2v) is 21.0. The molecule has 0 heterocycles. The summed E-state index contributed by atoms with van der Waals surface area (Å²) in [5.41, 5.74) is 0. The molecule has 0 aromatic rings. The van der Waals surface area contributed by atoms with E-state index in [9.17, 15) is 19.4 Å². The van der Waals surface area contributed by atoms with Crippen LogP contribution in [-0.4, -0.2) is 73.4 Å². The summed E-state index contributed by atoms with van der Waals surface area (Å²) in [5.74, 6) is -0.186. The molecule has 0 aliphatic rings. The van der Waals surface area contributed by atoms with Gasteiger partial charge in [-0.25, -0.2) is 4.57 Å². The lowest BCUT2D eigenvalue weighted by Crippen LogP contribution is -2.45. The first-order valence-electron chi connectivity index (χ1n) is 26.9. The quantitative estimate of drug-likeness (QED) is 0.0243. The highest BCUT2D eigenvalue weighted by Crippen LogP contribution is 2.43. The Morgan fingerprint density at radius 1 is 0.524 bits per heavy atom. The van der Waals surface area contributed by atoms with E-state index in [0.29, 0.717) is 17.4 Å². The number of quaternary nitrogens is 1. The molecular formula is C54H106N2O6P+. The van der Waals surface area contributed by atoms with E-state index in [2.05, 4.69) is 43.5 Å². The van der Waals surface area contributed by atoms with Crippen LogP contribution in [0.1, 0.15) is 251 Å². The maximum absolute atomic E-state index is 12.9. The number of rotatable bonds is 49. The van der Waals surface area contributed by atoms with Crippen LogP contribution in [0.5, 0.6) is 0 Å². The number of aliphatic hydroxyl groups excluding tert-OH is 1. The molecule has 3 unspecified atom stereocenters. The summed E-state index contributed by atoms with van der Waals surface area (Å²) in [5, 5.41) is 13.8. The maximum Gasteiger partial charge on any atom is 0.472 e. The molecule has 3 N–H and O–H groups in total. The van der Waals surface area contributed by atoms with Crippen LogP contribution in [0.4, 0.5) is 0 Å². The molecule has 0 saturated heterocycles. The summed E-state index contributed by atoms with van der Waals surface area (Å²) in [6.45, 7) is 4.78. The topological polar surface area (TPSA) is 105 Å². The molecule has 0 aromatic carbocycles. The van der Waals surface area contributed by atoms with Crippen LogP contribution < -0.4 is 5.32 Å². The summed E-state index contributed by atoms with van der Waals surface area (Å²) in [6, 6.07) is -0.860. The van der Waals surface area contributed by atoms with Crippen LogP contribution >= 0.6 is 7.82 Å². The Balaban J connectivity index is 4.05. The normalized spacial score (nSPS) is 14.3. The van der Waals surface area contributed by atoms with Gasteiger partial charge in [0, 0.05) is 6.42 Å². The van der Waals surface area contributed by atoms with Crippen molar-refractivity contribution in [3.05, 3.63) is 36.5 Å². The lowest BCUT2D eigenvalue weighted by molar-refractivity contribution is -0.870. The third-order valence-corrected chi connectivity index (χ3v) is 13.1. The van der Waals surface area contributed by atoms with Gasteiger partial charge in [-0.15, -0.1) is 0 Å². The predicted molar refractivity (Wildman–Crippen MR) is 272 cm³/mol. The molecular weight excluding hydrogens is 804 g/mol. The van der Waals surface area contributed by atoms with Gasteiger partial charge in [-0.2, -0.15) is 0 Å². The Morgan fingerprint density at radius 2 is 0.873 bits per heavy atom. The Labute approximate surface area is 391 Å². The highest BCUT2D eigenvalue weighted by molar-refractivity contribution is 7.47. The van der Waals surface area contributed by atoms with E-state index in [1.54, 1.807) is 6.08 Å². The van der Waals surface area contributed by atoms with Crippen molar-refractivity contribution in [1.29, 1.82) is 0 Å². The Hall–Kier alpha value is -1.28. The van der Waals surface area contributed by atoms with Crippen molar-refractivity contribution in [2.75, 3.05) is 40.9 Å². The van der Waals surface area contributed by atoms with Crippen LogP contribution in [-0.2, 0) is 18.4 Å². The molecule has 0 fully saturated rings. The summed E-state index contributed by atoms with van der Waals surface area (Å²) in [7, 11) is 1.56. The number of carbonyl (C=O) groups excluding carboxylic acids is 1. The lowest BCUT2D eigenvalue weighted by Gasteiger charge is -2.25. The van der Waals surface area contributed by atoms with Gasteiger partial charge >= 0.3 is 7.82 Å². The third-order valence-electron chi connectivity index (χ3n) is 12.1. The summed E-state index contributed by atoms with van der Waals surface area (Å²) >= 11 is 0. The summed E-state index contributed by atoms with van der Waals surface area (Å²) < 4.78 is 23.6. The number of phosphoric acid groups is 1. The zero-order valence-electron chi connectivity index (χ0n) is 42.3. The predicted octanol–water partition coefficient (Wildman–Crippen LogP) is 15.8. The molecule has 372 valence electrons. The number of carbonyl (C=O) groups is 1. The van der Waals surface area contributed by atoms with Gasteiger partial charge in [-0.05, 0) is 57.8 Å². The van der Waals surface area contributed by atoms with Gasteiger partial charge < -0.3 is 19.8 Å². The standard InChI is InChI=1S/C54H105N2O6P/c1-6-8-10-12-14-16-18-19-20-21-22-23-24-25-26-27-28-29-30-31-32-33-34-35-36-38-40-42-44-46-48-54(58)55-52(51-62-63(59,60)61-50-49-56(3,4)5)53(57)47-45-43-41-39-37-17-15-13-11-9-7-2/h25-26,37,39,45,47,52-53,57H,6-24,27-36,38,40-44,46,48-51H2,1-5H3,(H-,55,58,59,60)/p+1/b26-25-,39-37+,47-45+. The summed E-state index contributed by atoms with van der Waals surface area (Å²) in [4.78, 5) is 23.2. The Morgan fingerprint density at radius 3 is 1.27 bits per heavy atom. The second kappa shape index (κ2) is 45.9. The molecule has 3 atom stereocenters. The minimum Gasteiger partial charge on any atom is -0.387 e. The Bertz CT molecular complexity index is 1120. The van der Waals surface area contributed by atoms with Gasteiger partial charge in [0.05, 0.1) is 39.9 Å². The number of hydrogen-bond donors (Lipinski definition) is 3. The van der Waals surface area contributed by atoms with Crippen molar-refractivity contribution < 1.29 is 32.9 Å². The van der Waals surface area contributed by atoms with Crippen molar-refractivity contribution in [2.45, 2.75) is 264 Å². The smallest absolute Gasteiger partial charge is 0.387 e. The number of amides is 1. The van der Waals surface area contributed by atoms with E-state index in [1.165, 1.54) is 193 Å². The number of phosphoric ester groups is 1. The van der Waals surface area contributed by atoms with Gasteiger partial charge in [0.1, 0.15) is 13.2 Å². The fourth-order valence-corrected chi connectivity index (χ4v) is 8.55. The van der Waals surface area contributed by atoms with Crippen LogP contribution in [0, 0.1) is 0 Å². The number of unbranched alkanes of at least 4 members (excludes halogenated alkanes) is 32. The zero-order valence-corrected chi connectivity index (χ0v) is 43.2. The van der Waals surface area contributed by atoms with E-state index in [4.69, 9.17) is 9.05 Å². The molecule has 0 rings (SSSR count). The van der Waals surface area contributed by atoms with Crippen molar-refractivity contribution in [1.82, 2.24) is 5.32 Å². The number of aliphatic hydroxyl groups is 1. The van der Waals surface area contributed by atoms with Crippen molar-refractivity contribution in [2.24, 2.45) is 0 Å². The highest BCUT2D eigenvalue weighted by atomic mass is 31.2. The minimum atomic E-state index is -4.34. The second-order valence-electron chi connectivity index (χ2n) is 19.6. The van der Waals surface area contributed by atoms with Gasteiger partial charge in [-0.3, -0.25) is 13.8 Å². The minimum absolute atomic E-state index is 0.0567. The van der Waals surface area contributed by atoms with Gasteiger partial charge in [-0.1, -0.05) is 224 Å². The molecule has 8 nitrogen and oxygen atoms in total. The van der Waals surface area contributed by atoms with Crippen molar-refractivity contribution in [3.8, 4) is 0 Å². The zero-order chi connectivity index (χ0) is 46.4. The molecule has 0 aliphatic carbocycles. The van der Waals surface area contributed by atoms with Crippen molar-refractivity contribution in [3.63, 3.8) is 0 Å². The van der Waals surface area contributed by atoms with E-state index in [-0.39, 0.29) is 19.1 Å². The van der Waals surface area contributed by atoms with E-state index in [0.717, 1.165) is 38.5 Å². The Kier molecular flexibility index (Phi) is 44.9. The maximum atomic E-state index is 12.9. The SMILES string of the molecule is CCCCCCC/C=C/CC/C=C/C(O)C(COP(=O)(O)OCC[N+](C)(C)C)NC(=O)CCCCCCCCCCCCCCCC/C=C\CCCCCCCCCCCCCC. The van der Waals surface area contributed by atoms with Crippen LogP contribution in [0.2, 0.25) is 0 Å². The van der Waals surface area contributed by atoms with Crippen LogP contribution in [0.15, 0.2) is 36.5 Å². The highest BCUT2D eigenvalue weighted by Gasteiger charge is 2.27. The first kappa shape index (κ1) is 61.7. The van der Waals surface area contributed by atoms with Gasteiger partial charge in [0.25, 0.3) is 0 Å². The molecule has 0 radical (unpaired) electrons. The molecule has 63 heavy (non-hydrogen) atoms. The molecule has 0 saturated carbocycles.